The molecule has 0 aliphatic rings. The summed E-state index contributed by atoms with van der Waals surface area (Å²) in [6.45, 7) is 2.25. The summed E-state index contributed by atoms with van der Waals surface area (Å²) in [6, 6.07) is 20.8. The molecule has 23 heavy (non-hydrogen) atoms. The van der Waals surface area contributed by atoms with Crippen LogP contribution in [0.2, 0.25) is 0 Å². The number of nitrogens with one attached hydrogen (secondary N) is 1. The van der Waals surface area contributed by atoms with E-state index in [-0.39, 0.29) is 0 Å². The number of hydrogen-bond donors (Lipinski definition) is 1. The lowest BCUT2D eigenvalue weighted by molar-refractivity contribution is 0.662. The molecule has 1 N–H and O–H groups in total. The second kappa shape index (κ2) is 7.77. The van der Waals surface area contributed by atoms with Gasteiger partial charge in [-0.2, -0.15) is 0 Å². The van der Waals surface area contributed by atoms with Gasteiger partial charge in [0.2, 0.25) is 0 Å². The highest BCUT2D eigenvalue weighted by Crippen LogP contribution is 2.27. The van der Waals surface area contributed by atoms with E-state index in [1.165, 1.54) is 36.9 Å². The fourth-order valence-corrected chi connectivity index (χ4v) is 2.89. The molecule has 0 aliphatic carbocycles. The van der Waals surface area contributed by atoms with Crippen LogP contribution in [-0.2, 0) is 6.42 Å². The summed E-state index contributed by atoms with van der Waals surface area (Å²) in [5.74, 6) is 0.968. The Morgan fingerprint density at radius 3 is 2.09 bits per heavy atom. The molecular weight excluding hydrogens is 280 g/mol. The molecule has 1 aromatic heterocycles. The number of imidazole rings is 1. The third-order valence-electron chi connectivity index (χ3n) is 4.15. The van der Waals surface area contributed by atoms with Crippen molar-refractivity contribution in [3.63, 3.8) is 0 Å². The zero-order chi connectivity index (χ0) is 15.9. The summed E-state index contributed by atoms with van der Waals surface area (Å²) in [5, 5.41) is 0. The molecule has 118 valence electrons. The Balaban J connectivity index is 1.90. The number of hydrogen-bond acceptors (Lipinski definition) is 1. The van der Waals surface area contributed by atoms with E-state index < -0.39 is 0 Å². The Hall–Kier alpha value is -2.35. The zero-order valence-electron chi connectivity index (χ0n) is 13.8. The molecule has 3 aromatic rings. The average Bonchev–Trinajstić information content (AvgIpc) is 3.04. The maximum absolute atomic E-state index is 4.89. The predicted octanol–water partition coefficient (Wildman–Crippen LogP) is 5.87. The molecule has 0 atom stereocenters. The van der Waals surface area contributed by atoms with Crippen LogP contribution < -0.4 is 0 Å². The molecule has 2 heteroatoms. The van der Waals surface area contributed by atoms with Crippen molar-refractivity contribution < 1.29 is 0 Å². The van der Waals surface area contributed by atoms with Crippen LogP contribution in [0, 0.1) is 0 Å². The van der Waals surface area contributed by atoms with Crippen LogP contribution in [0.5, 0.6) is 0 Å². The number of rotatable bonds is 7. The lowest BCUT2D eigenvalue weighted by atomic mass is 10.1. The van der Waals surface area contributed by atoms with Crippen LogP contribution >= 0.6 is 0 Å². The van der Waals surface area contributed by atoms with Gasteiger partial charge in [-0.05, 0) is 12.8 Å². The van der Waals surface area contributed by atoms with E-state index in [4.69, 9.17) is 4.98 Å². The van der Waals surface area contributed by atoms with Gasteiger partial charge in [-0.3, -0.25) is 0 Å². The van der Waals surface area contributed by atoms with Crippen molar-refractivity contribution in [1.82, 2.24) is 9.97 Å². The van der Waals surface area contributed by atoms with Crippen LogP contribution in [-0.4, -0.2) is 9.97 Å². The second-order valence-electron chi connectivity index (χ2n) is 5.96. The van der Waals surface area contributed by atoms with Crippen LogP contribution in [0.3, 0.4) is 0 Å². The Morgan fingerprint density at radius 1 is 0.783 bits per heavy atom. The predicted molar refractivity (Wildman–Crippen MR) is 97.3 cm³/mol. The van der Waals surface area contributed by atoms with Gasteiger partial charge in [0.15, 0.2) is 0 Å². The van der Waals surface area contributed by atoms with Gasteiger partial charge in [-0.1, -0.05) is 86.8 Å². The monoisotopic (exact) mass is 304 g/mol. The summed E-state index contributed by atoms with van der Waals surface area (Å²) in [7, 11) is 0. The zero-order valence-corrected chi connectivity index (χ0v) is 13.8. The van der Waals surface area contributed by atoms with E-state index in [1.54, 1.807) is 0 Å². The molecule has 0 spiro atoms. The van der Waals surface area contributed by atoms with Crippen LogP contribution in [0.4, 0.5) is 0 Å². The van der Waals surface area contributed by atoms with Gasteiger partial charge >= 0.3 is 0 Å². The first-order valence-corrected chi connectivity index (χ1v) is 8.58. The van der Waals surface area contributed by atoms with E-state index in [0.717, 1.165) is 23.5 Å². The molecule has 1 heterocycles. The summed E-state index contributed by atoms with van der Waals surface area (Å²) in [5.41, 5.74) is 4.69. The third kappa shape index (κ3) is 3.89. The van der Waals surface area contributed by atoms with Crippen molar-refractivity contribution in [2.45, 2.75) is 39.0 Å². The minimum absolute atomic E-state index is 0.968. The van der Waals surface area contributed by atoms with Crippen molar-refractivity contribution in [3.05, 3.63) is 66.4 Å². The van der Waals surface area contributed by atoms with E-state index in [1.807, 2.05) is 6.07 Å². The number of unbranched alkanes of at least 4 members (excludes halogenated alkanes) is 3. The number of aromatic nitrogens is 2. The van der Waals surface area contributed by atoms with Crippen LogP contribution in [0.25, 0.3) is 22.6 Å². The lowest BCUT2D eigenvalue weighted by Crippen LogP contribution is -1.90. The van der Waals surface area contributed by atoms with Gasteiger partial charge in [0.05, 0.1) is 5.69 Å². The minimum atomic E-state index is 0.968. The molecular formula is C21H24N2. The normalized spacial score (nSPS) is 10.8. The molecule has 0 unspecified atom stereocenters. The lowest BCUT2D eigenvalue weighted by Gasteiger charge is -2.02. The molecule has 0 amide bonds. The third-order valence-corrected chi connectivity index (χ3v) is 4.15. The SMILES string of the molecule is CCCCCCc1[nH]c(-c2ccccc2)nc1-c1ccccc1. The van der Waals surface area contributed by atoms with E-state index in [9.17, 15) is 0 Å². The van der Waals surface area contributed by atoms with E-state index in [0.29, 0.717) is 0 Å². The largest absolute Gasteiger partial charge is 0.341 e. The number of H-pyrrole nitrogens is 1. The van der Waals surface area contributed by atoms with E-state index in [2.05, 4.69) is 66.5 Å². The number of aryl methyl sites for hydroxylation is 1. The Morgan fingerprint density at radius 2 is 1.43 bits per heavy atom. The van der Waals surface area contributed by atoms with Crippen molar-refractivity contribution in [3.8, 4) is 22.6 Å². The first-order chi connectivity index (χ1) is 11.4. The molecule has 0 saturated carbocycles. The van der Waals surface area contributed by atoms with Crippen molar-refractivity contribution in [2.75, 3.05) is 0 Å². The van der Waals surface area contributed by atoms with Gasteiger partial charge in [-0.15, -0.1) is 0 Å². The minimum Gasteiger partial charge on any atom is -0.341 e. The maximum Gasteiger partial charge on any atom is 0.138 e. The summed E-state index contributed by atoms with van der Waals surface area (Å²) in [6.07, 6.45) is 6.13. The Labute approximate surface area is 138 Å². The second-order valence-corrected chi connectivity index (χ2v) is 5.96. The molecule has 2 nitrogen and oxygen atoms in total. The van der Waals surface area contributed by atoms with Crippen LogP contribution in [0.15, 0.2) is 60.7 Å². The fourth-order valence-electron chi connectivity index (χ4n) is 2.89. The van der Waals surface area contributed by atoms with Gasteiger partial charge in [0.25, 0.3) is 0 Å². The van der Waals surface area contributed by atoms with Crippen molar-refractivity contribution in [1.29, 1.82) is 0 Å². The quantitative estimate of drug-likeness (QED) is 0.544. The van der Waals surface area contributed by atoms with Crippen LogP contribution in [0.1, 0.15) is 38.3 Å². The smallest absolute Gasteiger partial charge is 0.138 e. The van der Waals surface area contributed by atoms with Crippen molar-refractivity contribution >= 4 is 0 Å². The molecule has 0 aliphatic heterocycles. The topological polar surface area (TPSA) is 28.7 Å². The molecule has 0 saturated heterocycles. The molecule has 2 aromatic carbocycles. The summed E-state index contributed by atoms with van der Waals surface area (Å²) < 4.78 is 0. The molecule has 0 bridgehead atoms. The standard InChI is InChI=1S/C21H24N2/c1-2-3-4-11-16-19-20(17-12-7-5-8-13-17)23-21(22-19)18-14-9-6-10-15-18/h5-10,12-15H,2-4,11,16H2,1H3,(H,22,23). The van der Waals surface area contributed by atoms with Gasteiger partial charge in [0, 0.05) is 16.8 Å². The highest BCUT2D eigenvalue weighted by Gasteiger charge is 2.12. The first-order valence-electron chi connectivity index (χ1n) is 8.58. The fraction of sp³-hybridized carbons (Fsp3) is 0.286. The first kappa shape index (κ1) is 15.5. The number of aromatic amines is 1. The number of benzene rings is 2. The molecule has 0 radical (unpaired) electrons. The van der Waals surface area contributed by atoms with Gasteiger partial charge in [-0.25, -0.2) is 4.98 Å². The highest BCUT2D eigenvalue weighted by atomic mass is 14.9. The van der Waals surface area contributed by atoms with E-state index >= 15 is 0 Å². The maximum atomic E-state index is 4.89. The Kier molecular flexibility index (Phi) is 5.25. The molecule has 0 fully saturated rings. The highest BCUT2D eigenvalue weighted by molar-refractivity contribution is 5.67. The summed E-state index contributed by atoms with van der Waals surface area (Å²) >= 11 is 0. The van der Waals surface area contributed by atoms with Gasteiger partial charge < -0.3 is 4.98 Å². The Bertz CT molecular complexity index is 714. The van der Waals surface area contributed by atoms with Crippen molar-refractivity contribution in [2.24, 2.45) is 0 Å². The number of nitrogens with zero attached hydrogens (tertiary/aromatic N) is 1. The van der Waals surface area contributed by atoms with Gasteiger partial charge in [0.1, 0.15) is 5.82 Å². The average molecular weight is 304 g/mol. The molecule has 3 rings (SSSR count). The summed E-state index contributed by atoms with van der Waals surface area (Å²) in [4.78, 5) is 8.46.